The van der Waals surface area contributed by atoms with Gasteiger partial charge in [0.2, 0.25) is 0 Å². The Labute approximate surface area is 164 Å². The van der Waals surface area contributed by atoms with Crippen molar-refractivity contribution in [3.05, 3.63) is 95.8 Å². The van der Waals surface area contributed by atoms with Crippen LogP contribution in [0.5, 0.6) is 0 Å². The fourth-order valence-electron chi connectivity index (χ4n) is 3.91. The Morgan fingerprint density at radius 2 is 1.79 bits per heavy atom. The highest BCUT2D eigenvalue weighted by atomic mass is 15.1. The molecule has 0 saturated carbocycles. The van der Waals surface area contributed by atoms with E-state index in [9.17, 15) is 0 Å². The molecule has 0 spiro atoms. The van der Waals surface area contributed by atoms with Crippen molar-refractivity contribution in [2.24, 2.45) is 0 Å². The van der Waals surface area contributed by atoms with Crippen LogP contribution in [0, 0.1) is 0 Å². The van der Waals surface area contributed by atoms with E-state index in [1.54, 1.807) is 0 Å². The smallest absolute Gasteiger partial charge is 0.133 e. The van der Waals surface area contributed by atoms with Gasteiger partial charge in [0.1, 0.15) is 5.82 Å². The van der Waals surface area contributed by atoms with Gasteiger partial charge in [0.25, 0.3) is 0 Å². The summed E-state index contributed by atoms with van der Waals surface area (Å²) >= 11 is 0. The molecule has 3 heterocycles. The van der Waals surface area contributed by atoms with Crippen LogP contribution in [0.25, 0.3) is 10.9 Å². The van der Waals surface area contributed by atoms with Crippen LogP contribution in [0.2, 0.25) is 0 Å². The maximum Gasteiger partial charge on any atom is 0.133 e. The molecular weight excluding hydrogens is 344 g/mol. The molecule has 138 valence electrons. The minimum Gasteiger partial charge on any atom is -0.340 e. The zero-order valence-electron chi connectivity index (χ0n) is 15.7. The summed E-state index contributed by atoms with van der Waals surface area (Å²) in [6.45, 7) is 2.88. The largest absolute Gasteiger partial charge is 0.340 e. The van der Waals surface area contributed by atoms with Gasteiger partial charge in [-0.15, -0.1) is 0 Å². The molecule has 4 heteroatoms. The second-order valence-corrected chi connectivity index (χ2v) is 7.29. The lowest BCUT2D eigenvalue weighted by molar-refractivity contribution is 0.245. The van der Waals surface area contributed by atoms with E-state index in [-0.39, 0.29) is 0 Å². The fraction of sp³-hybridized carbons (Fsp3) is 0.167. The van der Waals surface area contributed by atoms with Crippen LogP contribution in [0.1, 0.15) is 16.7 Å². The van der Waals surface area contributed by atoms with Crippen molar-refractivity contribution < 1.29 is 0 Å². The fourth-order valence-corrected chi connectivity index (χ4v) is 3.91. The number of para-hydroxylation sites is 2. The van der Waals surface area contributed by atoms with E-state index < -0.39 is 0 Å². The number of anilines is 2. The van der Waals surface area contributed by atoms with E-state index >= 15 is 0 Å². The summed E-state index contributed by atoms with van der Waals surface area (Å²) < 4.78 is 0. The molecule has 0 radical (unpaired) electrons. The molecule has 28 heavy (non-hydrogen) atoms. The third-order valence-electron chi connectivity index (χ3n) is 5.31. The lowest BCUT2D eigenvalue weighted by Gasteiger charge is -2.29. The van der Waals surface area contributed by atoms with Gasteiger partial charge in [-0.2, -0.15) is 0 Å². The molecule has 0 atom stereocenters. The number of pyridine rings is 2. The van der Waals surface area contributed by atoms with Gasteiger partial charge in [-0.1, -0.05) is 36.4 Å². The summed E-state index contributed by atoms with van der Waals surface area (Å²) in [7, 11) is 0. The Kier molecular flexibility index (Phi) is 4.47. The molecule has 1 aliphatic rings. The van der Waals surface area contributed by atoms with Crippen molar-refractivity contribution in [2.75, 3.05) is 11.9 Å². The average Bonchev–Trinajstić information content (AvgIpc) is 2.74. The summed E-state index contributed by atoms with van der Waals surface area (Å²) in [4.78, 5) is 11.7. The van der Waals surface area contributed by atoms with Gasteiger partial charge in [0.05, 0.1) is 5.52 Å². The minimum absolute atomic E-state index is 0.918. The van der Waals surface area contributed by atoms with Gasteiger partial charge < -0.3 is 5.32 Å². The van der Waals surface area contributed by atoms with Gasteiger partial charge in [-0.3, -0.25) is 9.88 Å². The van der Waals surface area contributed by atoms with E-state index in [0.717, 1.165) is 43.1 Å². The molecule has 4 aromatic rings. The average molecular weight is 366 g/mol. The van der Waals surface area contributed by atoms with Crippen LogP contribution in [0.4, 0.5) is 11.5 Å². The third-order valence-corrected chi connectivity index (χ3v) is 5.31. The Morgan fingerprint density at radius 3 is 2.71 bits per heavy atom. The molecule has 0 bridgehead atoms. The number of hydrogen-bond donors (Lipinski definition) is 1. The monoisotopic (exact) mass is 366 g/mol. The number of benzene rings is 2. The van der Waals surface area contributed by atoms with Crippen LogP contribution >= 0.6 is 0 Å². The van der Waals surface area contributed by atoms with Crippen LogP contribution in [-0.2, 0) is 19.5 Å². The molecule has 0 saturated heterocycles. The van der Waals surface area contributed by atoms with Crippen molar-refractivity contribution in [2.45, 2.75) is 19.5 Å². The highest BCUT2D eigenvalue weighted by molar-refractivity contribution is 5.78. The van der Waals surface area contributed by atoms with Gasteiger partial charge in [0.15, 0.2) is 0 Å². The van der Waals surface area contributed by atoms with E-state index in [1.165, 1.54) is 22.1 Å². The Balaban J connectivity index is 1.34. The molecule has 1 N–H and O–H groups in total. The van der Waals surface area contributed by atoms with E-state index in [4.69, 9.17) is 0 Å². The summed E-state index contributed by atoms with van der Waals surface area (Å²) in [6, 6.07) is 22.9. The number of aromatic nitrogens is 2. The van der Waals surface area contributed by atoms with Crippen molar-refractivity contribution in [3.63, 3.8) is 0 Å². The normalized spacial score (nSPS) is 14.0. The second kappa shape index (κ2) is 7.41. The predicted octanol–water partition coefficient (Wildman–Crippen LogP) is 4.93. The predicted molar refractivity (Wildman–Crippen MR) is 114 cm³/mol. The lowest BCUT2D eigenvalue weighted by Crippen LogP contribution is -2.30. The number of nitrogens with zero attached hydrogens (tertiary/aromatic N) is 3. The Morgan fingerprint density at radius 1 is 0.929 bits per heavy atom. The van der Waals surface area contributed by atoms with Crippen LogP contribution in [0.3, 0.4) is 0 Å². The molecular formula is C24H22N4. The molecule has 0 amide bonds. The van der Waals surface area contributed by atoms with Crippen molar-refractivity contribution in [3.8, 4) is 0 Å². The quantitative estimate of drug-likeness (QED) is 0.556. The summed E-state index contributed by atoms with van der Waals surface area (Å²) in [5.41, 5.74) is 6.08. The van der Waals surface area contributed by atoms with Crippen LogP contribution in [0.15, 0.2) is 79.1 Å². The van der Waals surface area contributed by atoms with Crippen molar-refractivity contribution in [1.82, 2.24) is 14.9 Å². The first kappa shape index (κ1) is 16.9. The molecule has 5 rings (SSSR count). The third kappa shape index (κ3) is 3.47. The standard InChI is InChI=1S/C24H22N4/c1-2-7-21(8-3-1)27-24-22-11-13-28(17-20(22)10-12-25-24)16-18-14-19-6-4-5-9-23(19)26-15-18/h1-10,12,14-15H,11,13,16-17H2,(H,25,27). The minimum atomic E-state index is 0.918. The topological polar surface area (TPSA) is 41.1 Å². The number of nitrogens with one attached hydrogen (secondary N) is 1. The zero-order valence-corrected chi connectivity index (χ0v) is 15.7. The number of hydrogen-bond acceptors (Lipinski definition) is 4. The zero-order chi connectivity index (χ0) is 18.8. The molecule has 1 aliphatic heterocycles. The number of rotatable bonds is 4. The Bertz CT molecular complexity index is 1110. The molecule has 4 nitrogen and oxygen atoms in total. The second-order valence-electron chi connectivity index (χ2n) is 7.29. The maximum atomic E-state index is 4.61. The molecule has 2 aromatic carbocycles. The lowest BCUT2D eigenvalue weighted by atomic mass is 10.00. The van der Waals surface area contributed by atoms with Gasteiger partial charge in [0, 0.05) is 48.7 Å². The highest BCUT2D eigenvalue weighted by Gasteiger charge is 2.20. The number of fused-ring (bicyclic) bond motifs is 2. The molecule has 0 aliphatic carbocycles. The van der Waals surface area contributed by atoms with E-state index in [1.807, 2.05) is 36.7 Å². The first-order valence-electron chi connectivity index (χ1n) is 9.70. The SMILES string of the molecule is c1ccc(Nc2nccc3c2CCN(Cc2cnc4ccccc4c2)C3)cc1. The summed E-state index contributed by atoms with van der Waals surface area (Å²) in [5.74, 6) is 0.982. The highest BCUT2D eigenvalue weighted by Crippen LogP contribution is 2.27. The van der Waals surface area contributed by atoms with Crippen LogP contribution in [-0.4, -0.2) is 21.4 Å². The van der Waals surface area contributed by atoms with Gasteiger partial charge in [-0.05, 0) is 47.9 Å². The Hall–Kier alpha value is -3.24. The first-order chi connectivity index (χ1) is 13.8. The van der Waals surface area contributed by atoms with Gasteiger partial charge in [-0.25, -0.2) is 4.98 Å². The van der Waals surface area contributed by atoms with E-state index in [2.05, 4.69) is 62.6 Å². The van der Waals surface area contributed by atoms with Gasteiger partial charge >= 0.3 is 0 Å². The molecule has 0 unspecified atom stereocenters. The molecule has 0 fully saturated rings. The first-order valence-corrected chi connectivity index (χ1v) is 9.70. The summed E-state index contributed by atoms with van der Waals surface area (Å²) in [5, 5.41) is 4.68. The van der Waals surface area contributed by atoms with Crippen molar-refractivity contribution >= 4 is 22.4 Å². The maximum absolute atomic E-state index is 4.61. The van der Waals surface area contributed by atoms with Crippen LogP contribution < -0.4 is 5.32 Å². The van der Waals surface area contributed by atoms with Crippen molar-refractivity contribution in [1.29, 1.82) is 0 Å². The summed E-state index contributed by atoms with van der Waals surface area (Å²) in [6.07, 6.45) is 4.91. The molecule has 2 aromatic heterocycles. The van der Waals surface area contributed by atoms with E-state index in [0.29, 0.717) is 0 Å².